The molecule has 7 heteroatoms. The van der Waals surface area contributed by atoms with Gasteiger partial charge in [-0.2, -0.15) is 0 Å². The number of carbonyl (C=O) groups excluding carboxylic acids is 2. The maximum Gasteiger partial charge on any atom is 0.336 e. The van der Waals surface area contributed by atoms with Crippen LogP contribution >= 0.6 is 0 Å². The highest BCUT2D eigenvalue weighted by Gasteiger charge is 2.34. The van der Waals surface area contributed by atoms with Crippen LogP contribution in [0, 0.1) is 6.92 Å². The van der Waals surface area contributed by atoms with Gasteiger partial charge in [0.1, 0.15) is 11.6 Å². The highest BCUT2D eigenvalue weighted by Crippen LogP contribution is 2.23. The molecular weight excluding hydrogens is 310 g/mol. The van der Waals surface area contributed by atoms with Crippen molar-refractivity contribution in [2.75, 3.05) is 18.4 Å². The number of hydrogen-bond donors (Lipinski definition) is 2. The van der Waals surface area contributed by atoms with E-state index in [1.807, 2.05) is 6.92 Å². The number of fused-ring (bicyclic) bond motifs is 1. The smallest absolute Gasteiger partial charge is 0.336 e. The molecule has 2 heterocycles. The first kappa shape index (κ1) is 16.2. The van der Waals surface area contributed by atoms with E-state index < -0.39 is 11.7 Å². The standard InChI is InChI=1S/C17H19N3O4/c1-10-7-16(22)24-14-8-11(4-5-12(10)14)19-17(23)13-3-2-6-20(13)15(21)9-18/h4-5,7-8,13H,2-3,6,9,18H2,1H3,(H,19,23)/p+1/t13-/m0/s1. The second kappa shape index (κ2) is 6.45. The number of hydrogen-bond acceptors (Lipinski definition) is 4. The molecule has 1 aliphatic heterocycles. The summed E-state index contributed by atoms with van der Waals surface area (Å²) in [5.74, 6) is -0.351. The van der Waals surface area contributed by atoms with Crippen molar-refractivity contribution in [1.29, 1.82) is 0 Å². The molecule has 3 rings (SSSR count). The quantitative estimate of drug-likeness (QED) is 0.788. The van der Waals surface area contributed by atoms with Crippen LogP contribution in [0.5, 0.6) is 0 Å². The number of quaternary nitrogens is 1. The Morgan fingerprint density at radius 2 is 2.17 bits per heavy atom. The Kier molecular flexibility index (Phi) is 4.35. The molecule has 1 aromatic carbocycles. The van der Waals surface area contributed by atoms with Gasteiger partial charge in [-0.25, -0.2) is 4.79 Å². The van der Waals surface area contributed by atoms with Crippen molar-refractivity contribution in [1.82, 2.24) is 4.90 Å². The largest absolute Gasteiger partial charge is 0.423 e. The van der Waals surface area contributed by atoms with E-state index in [9.17, 15) is 14.4 Å². The fourth-order valence-electron chi connectivity index (χ4n) is 3.11. The summed E-state index contributed by atoms with van der Waals surface area (Å²) in [4.78, 5) is 37.4. The van der Waals surface area contributed by atoms with Crippen LogP contribution in [0.4, 0.5) is 5.69 Å². The maximum atomic E-state index is 12.5. The second-order valence-electron chi connectivity index (χ2n) is 5.94. The number of aryl methyl sites for hydroxylation is 1. The summed E-state index contributed by atoms with van der Waals surface area (Å²) in [6.45, 7) is 2.56. The Balaban J connectivity index is 1.83. The summed E-state index contributed by atoms with van der Waals surface area (Å²) < 4.78 is 5.19. The lowest BCUT2D eigenvalue weighted by atomic mass is 10.1. The van der Waals surface area contributed by atoms with Crippen LogP contribution < -0.4 is 16.7 Å². The number of amides is 2. The average Bonchev–Trinajstić information content (AvgIpc) is 3.03. The third-order valence-electron chi connectivity index (χ3n) is 4.31. The molecule has 1 atom stereocenters. The van der Waals surface area contributed by atoms with Gasteiger partial charge in [-0.1, -0.05) is 0 Å². The lowest BCUT2D eigenvalue weighted by Crippen LogP contribution is -2.59. The minimum absolute atomic E-state index is 0.118. The SMILES string of the molecule is Cc1cc(=O)oc2cc(NC(=O)[C@@H]3CCCN3C(=O)C[NH3+])ccc12. The molecule has 7 nitrogen and oxygen atoms in total. The molecule has 0 spiro atoms. The van der Waals surface area contributed by atoms with Gasteiger partial charge in [0, 0.05) is 29.8 Å². The van der Waals surface area contributed by atoms with Crippen molar-refractivity contribution < 1.29 is 19.7 Å². The van der Waals surface area contributed by atoms with E-state index in [1.165, 1.54) is 6.07 Å². The highest BCUT2D eigenvalue weighted by atomic mass is 16.4. The third kappa shape index (κ3) is 3.03. The van der Waals surface area contributed by atoms with Crippen LogP contribution in [-0.2, 0) is 9.59 Å². The second-order valence-corrected chi connectivity index (χ2v) is 5.94. The minimum Gasteiger partial charge on any atom is -0.423 e. The minimum atomic E-state index is -0.473. The predicted octanol–water partition coefficient (Wildman–Crippen LogP) is 0.273. The molecule has 126 valence electrons. The van der Waals surface area contributed by atoms with Crippen LogP contribution in [0.25, 0.3) is 11.0 Å². The van der Waals surface area contributed by atoms with Gasteiger partial charge < -0.3 is 20.4 Å². The Morgan fingerprint density at radius 3 is 2.92 bits per heavy atom. The Morgan fingerprint density at radius 1 is 1.38 bits per heavy atom. The summed E-state index contributed by atoms with van der Waals surface area (Å²) >= 11 is 0. The molecule has 1 saturated heterocycles. The van der Waals surface area contributed by atoms with Gasteiger partial charge in [-0.05, 0) is 37.5 Å². The molecule has 2 amide bonds. The number of benzene rings is 1. The number of anilines is 1. The van der Waals surface area contributed by atoms with E-state index >= 15 is 0 Å². The number of nitrogens with one attached hydrogen (secondary N) is 1. The zero-order valence-electron chi connectivity index (χ0n) is 13.5. The topological polar surface area (TPSA) is 107 Å². The Labute approximate surface area is 138 Å². The first-order valence-electron chi connectivity index (χ1n) is 7.93. The lowest BCUT2D eigenvalue weighted by Gasteiger charge is -2.22. The predicted molar refractivity (Wildman–Crippen MR) is 88.3 cm³/mol. The molecular formula is C17H20N3O4+. The molecule has 0 saturated carbocycles. The number of nitrogens with zero attached hydrogens (tertiary/aromatic N) is 1. The normalized spacial score (nSPS) is 17.2. The van der Waals surface area contributed by atoms with Crippen LogP contribution in [0.1, 0.15) is 18.4 Å². The van der Waals surface area contributed by atoms with Crippen molar-refractivity contribution in [3.8, 4) is 0 Å². The Bertz CT molecular complexity index is 859. The molecule has 2 aromatic rings. The summed E-state index contributed by atoms with van der Waals surface area (Å²) in [7, 11) is 0. The van der Waals surface area contributed by atoms with Crippen molar-refractivity contribution in [3.63, 3.8) is 0 Å². The maximum absolute atomic E-state index is 12.5. The monoisotopic (exact) mass is 330 g/mol. The molecule has 0 aliphatic carbocycles. The van der Waals surface area contributed by atoms with Gasteiger partial charge in [0.25, 0.3) is 5.91 Å². The summed E-state index contributed by atoms with van der Waals surface area (Å²) in [5, 5.41) is 3.63. The van der Waals surface area contributed by atoms with Crippen LogP contribution in [0.3, 0.4) is 0 Å². The number of rotatable bonds is 3. The van der Waals surface area contributed by atoms with E-state index in [1.54, 1.807) is 23.1 Å². The van der Waals surface area contributed by atoms with Crippen molar-refractivity contribution >= 4 is 28.5 Å². The fourth-order valence-corrected chi connectivity index (χ4v) is 3.11. The highest BCUT2D eigenvalue weighted by molar-refractivity contribution is 5.99. The molecule has 0 radical (unpaired) electrons. The zero-order chi connectivity index (χ0) is 17.3. The molecule has 1 aromatic heterocycles. The van der Waals surface area contributed by atoms with E-state index in [-0.39, 0.29) is 18.4 Å². The summed E-state index contributed by atoms with van der Waals surface area (Å²) in [5.41, 5.74) is 4.95. The van der Waals surface area contributed by atoms with Gasteiger partial charge in [0.05, 0.1) is 0 Å². The van der Waals surface area contributed by atoms with Gasteiger partial charge in [-0.3, -0.25) is 9.59 Å². The zero-order valence-corrected chi connectivity index (χ0v) is 13.5. The summed E-state index contributed by atoms with van der Waals surface area (Å²) in [6.07, 6.45) is 1.44. The van der Waals surface area contributed by atoms with E-state index in [4.69, 9.17) is 4.42 Å². The van der Waals surface area contributed by atoms with Gasteiger partial charge in [-0.15, -0.1) is 0 Å². The van der Waals surface area contributed by atoms with Crippen molar-refractivity contribution in [2.24, 2.45) is 0 Å². The molecule has 4 N–H and O–H groups in total. The summed E-state index contributed by atoms with van der Waals surface area (Å²) in [6, 6.07) is 6.15. The van der Waals surface area contributed by atoms with Crippen LogP contribution in [0.2, 0.25) is 0 Å². The average molecular weight is 330 g/mol. The first-order chi connectivity index (χ1) is 11.5. The van der Waals surface area contributed by atoms with E-state index in [2.05, 4.69) is 11.1 Å². The van der Waals surface area contributed by atoms with Crippen LogP contribution in [-0.4, -0.2) is 35.8 Å². The molecule has 24 heavy (non-hydrogen) atoms. The van der Waals surface area contributed by atoms with Crippen molar-refractivity contribution in [2.45, 2.75) is 25.8 Å². The third-order valence-corrected chi connectivity index (χ3v) is 4.31. The van der Waals surface area contributed by atoms with Gasteiger partial charge in [0.15, 0.2) is 6.54 Å². The van der Waals surface area contributed by atoms with Gasteiger partial charge >= 0.3 is 5.63 Å². The van der Waals surface area contributed by atoms with E-state index in [0.29, 0.717) is 24.2 Å². The number of carbonyl (C=O) groups is 2. The number of likely N-dealkylation sites (tertiary alicyclic amines) is 1. The first-order valence-corrected chi connectivity index (χ1v) is 7.93. The van der Waals surface area contributed by atoms with Crippen LogP contribution in [0.15, 0.2) is 33.5 Å². The molecule has 0 bridgehead atoms. The fraction of sp³-hybridized carbons (Fsp3) is 0.353. The lowest BCUT2D eigenvalue weighted by molar-refractivity contribution is -0.357. The molecule has 1 aliphatic rings. The van der Waals surface area contributed by atoms with Gasteiger partial charge in [0.2, 0.25) is 5.91 Å². The van der Waals surface area contributed by atoms with E-state index in [0.717, 1.165) is 17.4 Å². The Hall–Kier alpha value is -2.67. The van der Waals surface area contributed by atoms with Crippen molar-refractivity contribution in [3.05, 3.63) is 40.2 Å². The molecule has 0 unspecified atom stereocenters. The molecule has 1 fully saturated rings.